The molecule has 2 atom stereocenters. The van der Waals surface area contributed by atoms with Gasteiger partial charge in [0.15, 0.2) is 0 Å². The number of nitrogens with zero attached hydrogens (tertiary/aromatic N) is 3. The Hall–Kier alpha value is -3.32. The van der Waals surface area contributed by atoms with E-state index in [9.17, 15) is 9.59 Å². The van der Waals surface area contributed by atoms with Crippen molar-refractivity contribution in [1.82, 2.24) is 19.7 Å². The molecule has 2 aliphatic heterocycles. The minimum Gasteiger partial charge on any atom is -0.497 e. The third-order valence-corrected chi connectivity index (χ3v) is 6.55. The van der Waals surface area contributed by atoms with Gasteiger partial charge in [-0.25, -0.2) is 4.79 Å². The summed E-state index contributed by atoms with van der Waals surface area (Å²) in [5, 5.41) is 1.12. The van der Waals surface area contributed by atoms with Gasteiger partial charge in [-0.2, -0.15) is 0 Å². The highest BCUT2D eigenvalue weighted by Crippen LogP contribution is 2.44. The van der Waals surface area contributed by atoms with Gasteiger partial charge in [-0.15, -0.1) is 0 Å². The van der Waals surface area contributed by atoms with E-state index in [1.807, 2.05) is 56.6 Å². The largest absolute Gasteiger partial charge is 0.497 e. The molecule has 7 nitrogen and oxygen atoms in total. The lowest BCUT2D eigenvalue weighted by atomic mass is 9.89. The van der Waals surface area contributed by atoms with Crippen LogP contribution in [0.3, 0.4) is 0 Å². The van der Waals surface area contributed by atoms with E-state index in [0.717, 1.165) is 46.4 Å². The van der Waals surface area contributed by atoms with Crippen molar-refractivity contribution in [2.24, 2.45) is 0 Å². The lowest BCUT2D eigenvalue weighted by molar-refractivity contribution is -0.128. The predicted molar refractivity (Wildman–Crippen MR) is 123 cm³/mol. The maximum Gasteiger partial charge on any atom is 0.328 e. The molecule has 1 aromatic heterocycles. The summed E-state index contributed by atoms with van der Waals surface area (Å²) in [6.07, 6.45) is 1.28. The summed E-state index contributed by atoms with van der Waals surface area (Å²) >= 11 is 0. The molecule has 0 aliphatic carbocycles. The molecule has 3 aromatic rings. The molecule has 1 fully saturated rings. The van der Waals surface area contributed by atoms with Crippen molar-refractivity contribution < 1.29 is 14.3 Å². The van der Waals surface area contributed by atoms with Crippen LogP contribution in [0.4, 0.5) is 4.79 Å². The molecular formula is C25H28N4O3. The van der Waals surface area contributed by atoms with Gasteiger partial charge in [0.1, 0.15) is 17.8 Å². The van der Waals surface area contributed by atoms with E-state index >= 15 is 0 Å². The molecule has 2 aromatic carbocycles. The van der Waals surface area contributed by atoms with Crippen molar-refractivity contribution in [3.8, 4) is 5.75 Å². The lowest BCUT2D eigenvalue weighted by Gasteiger charge is -2.36. The highest BCUT2D eigenvalue weighted by atomic mass is 16.5. The first kappa shape index (κ1) is 20.6. The molecule has 5 rings (SSSR count). The average Bonchev–Trinajstić information content (AvgIpc) is 3.28. The Kier molecular flexibility index (Phi) is 5.13. The van der Waals surface area contributed by atoms with Gasteiger partial charge < -0.3 is 14.6 Å². The van der Waals surface area contributed by atoms with Crippen LogP contribution in [-0.4, -0.2) is 72.0 Å². The fourth-order valence-electron chi connectivity index (χ4n) is 5.01. The second-order valence-electron chi connectivity index (χ2n) is 8.79. The Morgan fingerprint density at radius 1 is 1.09 bits per heavy atom. The van der Waals surface area contributed by atoms with Crippen LogP contribution < -0.4 is 4.74 Å². The molecule has 1 saturated heterocycles. The van der Waals surface area contributed by atoms with Crippen LogP contribution in [0.15, 0.2) is 48.5 Å². The van der Waals surface area contributed by atoms with Crippen LogP contribution in [0.25, 0.3) is 10.9 Å². The summed E-state index contributed by atoms with van der Waals surface area (Å²) in [5.41, 5.74) is 4.10. The van der Waals surface area contributed by atoms with E-state index in [1.54, 1.807) is 12.0 Å². The van der Waals surface area contributed by atoms with Gasteiger partial charge >= 0.3 is 6.03 Å². The number of carbonyl (C=O) groups is 2. The zero-order valence-corrected chi connectivity index (χ0v) is 18.7. The molecule has 3 amide bonds. The summed E-state index contributed by atoms with van der Waals surface area (Å²) in [4.78, 5) is 35.8. The summed E-state index contributed by atoms with van der Waals surface area (Å²) in [6, 6.07) is 14.9. The first-order chi connectivity index (χ1) is 15.5. The van der Waals surface area contributed by atoms with Gasteiger partial charge in [0.05, 0.1) is 7.11 Å². The fraction of sp³-hybridized carbons (Fsp3) is 0.360. The zero-order chi connectivity index (χ0) is 22.4. The number of rotatable bonds is 6. The SMILES string of the molecule is COc1ccc([C@H]2c3[nH]c4ccccc4c3C[C@H]3C(=O)N(CCCN(C)C)C(=O)N23)cc1. The number of fused-ring (bicyclic) bond motifs is 4. The number of para-hydroxylation sites is 1. The number of carbonyl (C=O) groups excluding carboxylic acids is 2. The standard InChI is InChI=1S/C25H28N4O3/c1-27(2)13-6-14-28-24(30)21-15-19-18-7-4-5-8-20(18)26-22(19)23(29(21)25(28)31)16-9-11-17(32-3)12-10-16/h4-5,7-12,21,23,26H,6,13-15H2,1-3H3/t21-,23-/m0/s1. The van der Waals surface area contributed by atoms with E-state index < -0.39 is 6.04 Å². The van der Waals surface area contributed by atoms with Crippen LogP contribution in [0.2, 0.25) is 0 Å². The van der Waals surface area contributed by atoms with E-state index in [0.29, 0.717) is 13.0 Å². The Labute approximate surface area is 187 Å². The normalized spacial score (nSPS) is 20.2. The Morgan fingerprint density at radius 2 is 1.84 bits per heavy atom. The average molecular weight is 433 g/mol. The van der Waals surface area contributed by atoms with Crippen LogP contribution in [-0.2, 0) is 11.2 Å². The monoisotopic (exact) mass is 432 g/mol. The van der Waals surface area contributed by atoms with Gasteiger partial charge in [0, 0.05) is 29.6 Å². The van der Waals surface area contributed by atoms with Crippen LogP contribution in [0, 0.1) is 0 Å². The van der Waals surface area contributed by atoms with Crippen molar-refractivity contribution in [3.63, 3.8) is 0 Å². The second-order valence-corrected chi connectivity index (χ2v) is 8.79. The molecular weight excluding hydrogens is 404 g/mol. The second kappa shape index (κ2) is 7.98. The van der Waals surface area contributed by atoms with E-state index in [1.165, 1.54) is 4.90 Å². The van der Waals surface area contributed by atoms with Crippen molar-refractivity contribution in [2.45, 2.75) is 24.9 Å². The van der Waals surface area contributed by atoms with E-state index in [-0.39, 0.29) is 18.0 Å². The molecule has 0 spiro atoms. The third-order valence-electron chi connectivity index (χ3n) is 6.55. The number of H-pyrrole nitrogens is 1. The van der Waals surface area contributed by atoms with E-state index in [4.69, 9.17) is 4.74 Å². The minimum absolute atomic E-state index is 0.0943. The number of urea groups is 1. The Balaban J connectivity index is 1.59. The molecule has 0 bridgehead atoms. The van der Waals surface area contributed by atoms with Gasteiger partial charge in [-0.3, -0.25) is 14.6 Å². The quantitative estimate of drug-likeness (QED) is 0.606. The molecule has 0 saturated carbocycles. The highest BCUT2D eigenvalue weighted by molar-refractivity contribution is 6.05. The number of methoxy groups -OCH3 is 1. The van der Waals surface area contributed by atoms with Gasteiger partial charge in [0.2, 0.25) is 0 Å². The highest BCUT2D eigenvalue weighted by Gasteiger charge is 2.52. The molecule has 3 heterocycles. The molecule has 0 unspecified atom stereocenters. The van der Waals surface area contributed by atoms with Crippen LogP contribution in [0.5, 0.6) is 5.75 Å². The first-order valence-electron chi connectivity index (χ1n) is 11.0. The molecule has 1 N–H and O–H groups in total. The van der Waals surface area contributed by atoms with Crippen molar-refractivity contribution in [3.05, 3.63) is 65.4 Å². The number of aromatic amines is 1. The van der Waals surface area contributed by atoms with Crippen LogP contribution >= 0.6 is 0 Å². The van der Waals surface area contributed by atoms with E-state index in [2.05, 4.69) is 16.0 Å². The number of hydrogen-bond acceptors (Lipinski definition) is 4. The number of aromatic nitrogens is 1. The van der Waals surface area contributed by atoms with Gasteiger partial charge in [0.25, 0.3) is 5.91 Å². The summed E-state index contributed by atoms with van der Waals surface area (Å²) in [5.74, 6) is 0.662. The summed E-state index contributed by atoms with van der Waals surface area (Å²) in [6.45, 7) is 1.26. The predicted octanol–water partition coefficient (Wildman–Crippen LogP) is 3.41. The first-order valence-corrected chi connectivity index (χ1v) is 11.0. The molecule has 166 valence electrons. The third kappa shape index (κ3) is 3.24. The summed E-state index contributed by atoms with van der Waals surface area (Å²) in [7, 11) is 5.62. The number of benzene rings is 2. The number of ether oxygens (including phenoxy) is 1. The number of imide groups is 1. The van der Waals surface area contributed by atoms with Crippen molar-refractivity contribution in [2.75, 3.05) is 34.3 Å². The smallest absolute Gasteiger partial charge is 0.328 e. The molecule has 32 heavy (non-hydrogen) atoms. The van der Waals surface area contributed by atoms with Crippen LogP contribution in [0.1, 0.15) is 29.3 Å². The summed E-state index contributed by atoms with van der Waals surface area (Å²) < 4.78 is 5.32. The van der Waals surface area contributed by atoms with Crippen molar-refractivity contribution in [1.29, 1.82) is 0 Å². The number of nitrogens with one attached hydrogen (secondary N) is 1. The molecule has 0 radical (unpaired) electrons. The molecule has 2 aliphatic rings. The lowest BCUT2D eigenvalue weighted by Crippen LogP contribution is -2.44. The maximum atomic E-state index is 13.5. The minimum atomic E-state index is -0.485. The van der Waals surface area contributed by atoms with Gasteiger partial charge in [-0.1, -0.05) is 30.3 Å². The number of hydrogen-bond donors (Lipinski definition) is 1. The van der Waals surface area contributed by atoms with Crippen molar-refractivity contribution >= 4 is 22.8 Å². The van der Waals surface area contributed by atoms with Gasteiger partial charge in [-0.05, 0) is 56.4 Å². The topological polar surface area (TPSA) is 68.9 Å². The Bertz CT molecular complexity index is 1170. The molecule has 7 heteroatoms. The maximum absolute atomic E-state index is 13.5. The fourth-order valence-corrected chi connectivity index (χ4v) is 5.01. The zero-order valence-electron chi connectivity index (χ0n) is 18.7. The number of amides is 3. The Morgan fingerprint density at radius 3 is 2.56 bits per heavy atom.